The first-order valence-corrected chi connectivity index (χ1v) is 5.73. The Kier molecular flexibility index (Phi) is 2.59. The van der Waals surface area contributed by atoms with E-state index in [2.05, 4.69) is 9.97 Å². The predicted octanol–water partition coefficient (Wildman–Crippen LogP) is 2.51. The second kappa shape index (κ2) is 4.28. The first-order chi connectivity index (χ1) is 9.26. The molecule has 2 aromatic heterocycles. The summed E-state index contributed by atoms with van der Waals surface area (Å²) in [5, 5.41) is 12.2. The number of aromatic hydroxyl groups is 1. The number of nitrogens with zero attached hydrogens (tertiary/aromatic N) is 2. The Morgan fingerprint density at radius 1 is 1.05 bits per heavy atom. The van der Waals surface area contributed by atoms with Crippen LogP contribution in [0.4, 0.5) is 0 Å². The number of aromatic nitrogens is 2. The number of fused-ring (bicyclic) bond motifs is 3. The molecule has 0 spiro atoms. The fourth-order valence-electron chi connectivity index (χ4n) is 2.22. The maximum atomic E-state index is 10.1. The van der Waals surface area contributed by atoms with Crippen LogP contribution in [-0.2, 0) is 0 Å². The van der Waals surface area contributed by atoms with Gasteiger partial charge in [-0.3, -0.25) is 4.98 Å². The van der Waals surface area contributed by atoms with Crippen molar-refractivity contribution < 1.29 is 14.6 Å². The van der Waals surface area contributed by atoms with Crippen LogP contribution < -0.4 is 9.47 Å². The number of hydrogen-bond acceptors (Lipinski definition) is 5. The number of para-hydroxylation sites is 1. The van der Waals surface area contributed by atoms with Gasteiger partial charge in [0.25, 0.3) is 0 Å². The maximum Gasteiger partial charge on any atom is 0.223 e. The third kappa shape index (κ3) is 1.62. The molecule has 19 heavy (non-hydrogen) atoms. The van der Waals surface area contributed by atoms with Gasteiger partial charge >= 0.3 is 0 Å². The molecular weight excluding hydrogens is 244 g/mol. The van der Waals surface area contributed by atoms with E-state index in [1.165, 1.54) is 13.3 Å². The molecule has 1 N–H and O–H groups in total. The van der Waals surface area contributed by atoms with Crippen molar-refractivity contribution in [2.45, 2.75) is 0 Å². The van der Waals surface area contributed by atoms with Crippen LogP contribution >= 0.6 is 0 Å². The lowest BCUT2D eigenvalue weighted by Gasteiger charge is -2.11. The minimum Gasteiger partial charge on any atom is -0.506 e. The molecule has 2 heterocycles. The first-order valence-electron chi connectivity index (χ1n) is 5.73. The van der Waals surface area contributed by atoms with Crippen molar-refractivity contribution in [2.75, 3.05) is 14.2 Å². The molecule has 0 unspecified atom stereocenters. The summed E-state index contributed by atoms with van der Waals surface area (Å²) in [4.78, 5) is 8.40. The fourth-order valence-corrected chi connectivity index (χ4v) is 2.22. The van der Waals surface area contributed by atoms with Crippen molar-refractivity contribution in [1.82, 2.24) is 9.97 Å². The van der Waals surface area contributed by atoms with Gasteiger partial charge in [0.05, 0.1) is 25.8 Å². The monoisotopic (exact) mass is 256 g/mol. The highest BCUT2D eigenvalue weighted by molar-refractivity contribution is 6.11. The molecule has 0 fully saturated rings. The van der Waals surface area contributed by atoms with Crippen molar-refractivity contribution in [3.05, 3.63) is 30.6 Å². The van der Waals surface area contributed by atoms with Crippen LogP contribution in [0.15, 0.2) is 30.6 Å². The van der Waals surface area contributed by atoms with E-state index in [4.69, 9.17) is 9.47 Å². The standard InChI is InChI=1S/C14H12N2O3/c1-18-11-5-3-4-8-12-9(6-15-7-10(12)17)14(19-2)16-13(8)11/h3-7,17H,1-2H3. The number of ether oxygens (including phenoxy) is 2. The van der Waals surface area contributed by atoms with E-state index >= 15 is 0 Å². The van der Waals surface area contributed by atoms with Gasteiger partial charge in [0.15, 0.2) is 0 Å². The van der Waals surface area contributed by atoms with E-state index in [0.717, 1.165) is 5.39 Å². The summed E-state index contributed by atoms with van der Waals surface area (Å²) in [6.45, 7) is 0. The molecule has 96 valence electrons. The van der Waals surface area contributed by atoms with Crippen LogP contribution in [0, 0.1) is 0 Å². The molecular formula is C14H12N2O3. The molecule has 0 atom stereocenters. The van der Waals surface area contributed by atoms with E-state index in [0.29, 0.717) is 27.9 Å². The molecule has 0 radical (unpaired) electrons. The zero-order valence-corrected chi connectivity index (χ0v) is 10.5. The second-order valence-electron chi connectivity index (χ2n) is 4.06. The minimum absolute atomic E-state index is 0.0939. The lowest BCUT2D eigenvalue weighted by atomic mass is 10.1. The van der Waals surface area contributed by atoms with Gasteiger partial charge in [-0.25, -0.2) is 4.98 Å². The third-order valence-corrected chi connectivity index (χ3v) is 3.05. The van der Waals surface area contributed by atoms with E-state index in [1.807, 2.05) is 18.2 Å². The molecule has 3 rings (SSSR count). The van der Waals surface area contributed by atoms with Crippen molar-refractivity contribution in [3.63, 3.8) is 0 Å². The highest BCUT2D eigenvalue weighted by Gasteiger charge is 2.14. The summed E-state index contributed by atoms with van der Waals surface area (Å²) in [7, 11) is 3.12. The van der Waals surface area contributed by atoms with Gasteiger partial charge in [0.1, 0.15) is 17.0 Å². The average molecular weight is 256 g/mol. The van der Waals surface area contributed by atoms with Gasteiger partial charge in [-0.1, -0.05) is 12.1 Å². The van der Waals surface area contributed by atoms with Gasteiger partial charge < -0.3 is 14.6 Å². The van der Waals surface area contributed by atoms with Crippen molar-refractivity contribution in [3.8, 4) is 17.4 Å². The van der Waals surface area contributed by atoms with Crippen molar-refractivity contribution in [1.29, 1.82) is 0 Å². The zero-order chi connectivity index (χ0) is 13.4. The molecule has 0 bridgehead atoms. The summed E-state index contributed by atoms with van der Waals surface area (Å²) in [5.74, 6) is 1.14. The Labute approximate surface area is 109 Å². The average Bonchev–Trinajstić information content (AvgIpc) is 2.45. The molecule has 0 saturated carbocycles. The molecule has 0 aliphatic carbocycles. The highest BCUT2D eigenvalue weighted by atomic mass is 16.5. The number of benzene rings is 1. The first kappa shape index (κ1) is 11.5. The number of rotatable bonds is 2. The topological polar surface area (TPSA) is 64.5 Å². The number of pyridine rings is 2. The highest BCUT2D eigenvalue weighted by Crippen LogP contribution is 2.38. The Balaban J connectivity index is 2.59. The van der Waals surface area contributed by atoms with E-state index in [-0.39, 0.29) is 5.75 Å². The molecule has 1 aromatic carbocycles. The lowest BCUT2D eigenvalue weighted by Crippen LogP contribution is -1.94. The molecule has 0 amide bonds. The number of methoxy groups -OCH3 is 2. The quantitative estimate of drug-likeness (QED) is 0.714. The van der Waals surface area contributed by atoms with E-state index < -0.39 is 0 Å². The van der Waals surface area contributed by atoms with Crippen LogP contribution in [-0.4, -0.2) is 29.3 Å². The van der Waals surface area contributed by atoms with Crippen LogP contribution in [0.5, 0.6) is 17.4 Å². The normalized spacial score (nSPS) is 10.8. The molecule has 0 aliphatic rings. The van der Waals surface area contributed by atoms with Gasteiger partial charge in [-0.05, 0) is 6.07 Å². The summed E-state index contributed by atoms with van der Waals surface area (Å²) in [6.07, 6.45) is 3.03. The largest absolute Gasteiger partial charge is 0.506 e. The van der Waals surface area contributed by atoms with Gasteiger partial charge in [0.2, 0.25) is 5.88 Å². The lowest BCUT2D eigenvalue weighted by molar-refractivity contribution is 0.401. The van der Waals surface area contributed by atoms with E-state index in [9.17, 15) is 5.11 Å². The second-order valence-corrected chi connectivity index (χ2v) is 4.06. The van der Waals surface area contributed by atoms with E-state index in [1.54, 1.807) is 13.3 Å². The van der Waals surface area contributed by atoms with Gasteiger partial charge in [0, 0.05) is 17.0 Å². The summed E-state index contributed by atoms with van der Waals surface area (Å²) in [6, 6.07) is 5.56. The Bertz CT molecular complexity index is 771. The Morgan fingerprint density at radius 2 is 1.89 bits per heavy atom. The molecule has 0 saturated heterocycles. The summed E-state index contributed by atoms with van der Waals surface area (Å²) in [5.41, 5.74) is 0.649. The van der Waals surface area contributed by atoms with Crippen LogP contribution in [0.2, 0.25) is 0 Å². The van der Waals surface area contributed by atoms with Crippen LogP contribution in [0.1, 0.15) is 0 Å². The predicted molar refractivity (Wildman–Crippen MR) is 71.8 cm³/mol. The van der Waals surface area contributed by atoms with Crippen molar-refractivity contribution >= 4 is 21.7 Å². The van der Waals surface area contributed by atoms with Crippen molar-refractivity contribution in [2.24, 2.45) is 0 Å². The molecule has 5 heteroatoms. The van der Waals surface area contributed by atoms with Crippen LogP contribution in [0.3, 0.4) is 0 Å². The zero-order valence-electron chi connectivity index (χ0n) is 10.5. The maximum absolute atomic E-state index is 10.1. The molecule has 0 aliphatic heterocycles. The Hall–Kier alpha value is -2.56. The SMILES string of the molecule is COc1nc2c(OC)cccc2c2c(O)cncc12. The van der Waals surface area contributed by atoms with Crippen LogP contribution in [0.25, 0.3) is 21.7 Å². The molecule has 5 nitrogen and oxygen atoms in total. The minimum atomic E-state index is 0.0939. The summed E-state index contributed by atoms with van der Waals surface area (Å²) < 4.78 is 10.6. The molecule has 3 aromatic rings. The Morgan fingerprint density at radius 3 is 2.63 bits per heavy atom. The third-order valence-electron chi connectivity index (χ3n) is 3.05. The van der Waals surface area contributed by atoms with Gasteiger partial charge in [-0.2, -0.15) is 0 Å². The fraction of sp³-hybridized carbons (Fsp3) is 0.143. The number of hydrogen-bond donors (Lipinski definition) is 1. The van der Waals surface area contributed by atoms with Gasteiger partial charge in [-0.15, -0.1) is 0 Å². The smallest absolute Gasteiger partial charge is 0.223 e. The summed E-state index contributed by atoms with van der Waals surface area (Å²) >= 11 is 0.